The van der Waals surface area contributed by atoms with E-state index in [1.165, 1.54) is 0 Å². The highest BCUT2D eigenvalue weighted by Gasteiger charge is 2.39. The second-order valence-electron chi connectivity index (χ2n) is 4.98. The maximum atomic E-state index is 12.0. The summed E-state index contributed by atoms with van der Waals surface area (Å²) in [4.78, 5) is 13.9. The van der Waals surface area contributed by atoms with Gasteiger partial charge in [-0.2, -0.15) is 0 Å². The molecule has 1 aliphatic heterocycles. The Morgan fingerprint density at radius 2 is 2.17 bits per heavy atom. The van der Waals surface area contributed by atoms with Crippen molar-refractivity contribution in [3.05, 3.63) is 29.8 Å². The third kappa shape index (κ3) is 2.20. The molecule has 1 fully saturated rings. The van der Waals surface area contributed by atoms with Crippen LogP contribution in [0.3, 0.4) is 0 Å². The van der Waals surface area contributed by atoms with Gasteiger partial charge in [-0.15, -0.1) is 0 Å². The predicted octanol–water partition coefficient (Wildman–Crippen LogP) is 1.70. The molecule has 2 unspecified atom stereocenters. The molecule has 2 rings (SSSR count). The first-order valence-corrected chi connectivity index (χ1v) is 6.25. The van der Waals surface area contributed by atoms with Crippen molar-refractivity contribution >= 4 is 5.91 Å². The monoisotopic (exact) mass is 248 g/mol. The molecule has 0 aromatic heterocycles. The number of nitrogens with zero attached hydrogens (tertiary/aromatic N) is 1. The van der Waals surface area contributed by atoms with Crippen molar-refractivity contribution in [2.45, 2.75) is 38.4 Å². The Morgan fingerprint density at radius 3 is 2.78 bits per heavy atom. The van der Waals surface area contributed by atoms with Gasteiger partial charge < -0.3 is 15.4 Å². The average molecular weight is 248 g/mol. The third-order valence-electron chi connectivity index (χ3n) is 3.40. The van der Waals surface area contributed by atoms with E-state index in [9.17, 15) is 4.79 Å². The number of carbonyl (C=O) groups excluding carboxylic acids is 1. The first-order chi connectivity index (χ1) is 8.54. The molecule has 1 amide bonds. The fourth-order valence-electron chi connectivity index (χ4n) is 2.62. The molecule has 1 saturated heterocycles. The lowest BCUT2D eigenvalue weighted by Crippen LogP contribution is -2.37. The van der Waals surface area contributed by atoms with Crippen molar-refractivity contribution in [2.24, 2.45) is 5.73 Å². The summed E-state index contributed by atoms with van der Waals surface area (Å²) in [5.41, 5.74) is 7.16. The number of ether oxygens (including phenoxy) is 1. The van der Waals surface area contributed by atoms with Crippen molar-refractivity contribution in [1.82, 2.24) is 4.90 Å². The summed E-state index contributed by atoms with van der Waals surface area (Å²) in [5, 5.41) is 0. The van der Waals surface area contributed by atoms with E-state index in [0.717, 1.165) is 11.3 Å². The van der Waals surface area contributed by atoms with Crippen LogP contribution in [0.1, 0.15) is 31.9 Å². The standard InChI is InChI=1S/C14H20N2O2/c1-9(2)16-13(17)8-12(15)14(16)10-5-4-6-11(7-10)18-3/h4-7,9,12,14H,8,15H2,1-3H3. The van der Waals surface area contributed by atoms with Gasteiger partial charge in [-0.05, 0) is 31.5 Å². The zero-order chi connectivity index (χ0) is 13.3. The molecule has 0 bridgehead atoms. The fraction of sp³-hybridized carbons (Fsp3) is 0.500. The van der Waals surface area contributed by atoms with Gasteiger partial charge in [0.15, 0.2) is 0 Å². The first kappa shape index (κ1) is 12.9. The Labute approximate surface area is 108 Å². The van der Waals surface area contributed by atoms with Gasteiger partial charge in [0.25, 0.3) is 0 Å². The first-order valence-electron chi connectivity index (χ1n) is 6.25. The molecule has 98 valence electrons. The van der Waals surface area contributed by atoms with E-state index in [1.807, 2.05) is 43.0 Å². The van der Waals surface area contributed by atoms with Crippen LogP contribution in [0, 0.1) is 0 Å². The van der Waals surface area contributed by atoms with Crippen LogP contribution in [0.25, 0.3) is 0 Å². The smallest absolute Gasteiger partial charge is 0.225 e. The van der Waals surface area contributed by atoms with Crippen molar-refractivity contribution in [2.75, 3.05) is 7.11 Å². The second kappa shape index (κ2) is 4.98. The summed E-state index contributed by atoms with van der Waals surface area (Å²) in [5.74, 6) is 0.924. The topological polar surface area (TPSA) is 55.6 Å². The number of benzene rings is 1. The van der Waals surface area contributed by atoms with Crippen LogP contribution in [0.4, 0.5) is 0 Å². The number of nitrogens with two attached hydrogens (primary N) is 1. The molecule has 1 aromatic rings. The highest BCUT2D eigenvalue weighted by molar-refractivity contribution is 5.80. The summed E-state index contributed by atoms with van der Waals surface area (Å²) in [6.45, 7) is 4.03. The molecule has 0 radical (unpaired) electrons. The maximum Gasteiger partial charge on any atom is 0.225 e. The molecule has 4 nitrogen and oxygen atoms in total. The quantitative estimate of drug-likeness (QED) is 0.886. The van der Waals surface area contributed by atoms with Crippen molar-refractivity contribution in [1.29, 1.82) is 0 Å². The zero-order valence-corrected chi connectivity index (χ0v) is 11.1. The van der Waals surface area contributed by atoms with Crippen molar-refractivity contribution in [3.8, 4) is 5.75 Å². The molecule has 18 heavy (non-hydrogen) atoms. The SMILES string of the molecule is COc1cccc(C2C(N)CC(=O)N2C(C)C)c1. The molecule has 4 heteroatoms. The minimum Gasteiger partial charge on any atom is -0.497 e. The summed E-state index contributed by atoms with van der Waals surface area (Å²) in [6.07, 6.45) is 0.417. The van der Waals surface area contributed by atoms with Crippen LogP contribution in [0.2, 0.25) is 0 Å². The van der Waals surface area contributed by atoms with Gasteiger partial charge >= 0.3 is 0 Å². The highest BCUT2D eigenvalue weighted by Crippen LogP contribution is 2.34. The van der Waals surface area contributed by atoms with Gasteiger partial charge in [0.1, 0.15) is 5.75 Å². The molecule has 1 heterocycles. The molecular weight excluding hydrogens is 228 g/mol. The van der Waals surface area contributed by atoms with Gasteiger partial charge in [0.05, 0.1) is 13.2 Å². The van der Waals surface area contributed by atoms with Crippen LogP contribution in [-0.2, 0) is 4.79 Å². The molecular formula is C14H20N2O2. The Balaban J connectivity index is 2.37. The lowest BCUT2D eigenvalue weighted by molar-refractivity contribution is -0.130. The second-order valence-corrected chi connectivity index (χ2v) is 4.98. The summed E-state index contributed by atoms with van der Waals surface area (Å²) in [7, 11) is 1.64. The Hall–Kier alpha value is -1.55. The maximum absolute atomic E-state index is 12.0. The van der Waals surface area contributed by atoms with Gasteiger partial charge in [-0.3, -0.25) is 4.79 Å². The number of carbonyl (C=O) groups is 1. The molecule has 2 atom stereocenters. The van der Waals surface area contributed by atoms with Crippen LogP contribution in [0.15, 0.2) is 24.3 Å². The highest BCUT2D eigenvalue weighted by atomic mass is 16.5. The zero-order valence-electron chi connectivity index (χ0n) is 11.1. The number of methoxy groups -OCH3 is 1. The Kier molecular flexibility index (Phi) is 3.57. The molecule has 2 N–H and O–H groups in total. The average Bonchev–Trinajstić information content (AvgIpc) is 2.64. The van der Waals surface area contributed by atoms with E-state index in [0.29, 0.717) is 6.42 Å². The van der Waals surface area contributed by atoms with E-state index in [1.54, 1.807) is 7.11 Å². The van der Waals surface area contributed by atoms with Crippen LogP contribution < -0.4 is 10.5 Å². The van der Waals surface area contributed by atoms with E-state index >= 15 is 0 Å². The molecule has 0 aliphatic carbocycles. The third-order valence-corrected chi connectivity index (χ3v) is 3.40. The van der Waals surface area contributed by atoms with E-state index in [4.69, 9.17) is 10.5 Å². The van der Waals surface area contributed by atoms with E-state index < -0.39 is 0 Å². The number of rotatable bonds is 3. The number of hydrogen-bond donors (Lipinski definition) is 1. The Morgan fingerprint density at radius 1 is 1.44 bits per heavy atom. The number of hydrogen-bond acceptors (Lipinski definition) is 3. The predicted molar refractivity (Wildman–Crippen MR) is 70.3 cm³/mol. The van der Waals surface area contributed by atoms with Gasteiger partial charge in [-0.1, -0.05) is 12.1 Å². The summed E-state index contributed by atoms with van der Waals surface area (Å²) < 4.78 is 5.23. The normalized spacial score (nSPS) is 23.8. The number of amides is 1. The molecule has 1 aromatic carbocycles. The van der Waals surface area contributed by atoms with Crippen LogP contribution in [0.5, 0.6) is 5.75 Å². The van der Waals surface area contributed by atoms with Gasteiger partial charge in [0, 0.05) is 18.5 Å². The lowest BCUT2D eigenvalue weighted by Gasteiger charge is -2.30. The van der Waals surface area contributed by atoms with Gasteiger partial charge in [-0.25, -0.2) is 0 Å². The minimum atomic E-state index is -0.146. The van der Waals surface area contributed by atoms with Crippen LogP contribution >= 0.6 is 0 Å². The minimum absolute atomic E-state index is 0.0485. The van der Waals surface area contributed by atoms with Crippen LogP contribution in [-0.4, -0.2) is 30.0 Å². The largest absolute Gasteiger partial charge is 0.497 e. The van der Waals surface area contributed by atoms with Gasteiger partial charge in [0.2, 0.25) is 5.91 Å². The summed E-state index contributed by atoms with van der Waals surface area (Å²) >= 11 is 0. The summed E-state index contributed by atoms with van der Waals surface area (Å²) in [6, 6.07) is 7.75. The fourth-order valence-corrected chi connectivity index (χ4v) is 2.62. The molecule has 0 saturated carbocycles. The van der Waals surface area contributed by atoms with Crippen molar-refractivity contribution < 1.29 is 9.53 Å². The van der Waals surface area contributed by atoms with E-state index in [2.05, 4.69) is 0 Å². The molecule has 0 spiro atoms. The van der Waals surface area contributed by atoms with Crippen molar-refractivity contribution in [3.63, 3.8) is 0 Å². The molecule has 1 aliphatic rings. The lowest BCUT2D eigenvalue weighted by atomic mass is 10.00. The number of likely N-dealkylation sites (tertiary alicyclic amines) is 1. The Bertz CT molecular complexity index is 445. The van der Waals surface area contributed by atoms with E-state index in [-0.39, 0.29) is 24.0 Å².